The molecule has 2 amide bonds. The van der Waals surface area contributed by atoms with Crippen LogP contribution in [0, 0.1) is 5.92 Å². The Balaban J connectivity index is 1.99. The third kappa shape index (κ3) is 4.71. The van der Waals surface area contributed by atoms with Crippen LogP contribution in [-0.2, 0) is 9.59 Å². The molecule has 2 N–H and O–H groups in total. The van der Waals surface area contributed by atoms with E-state index < -0.39 is 17.9 Å². The molecule has 0 saturated carbocycles. The molecule has 1 heterocycles. The number of piperidine rings is 1. The maximum Gasteiger partial charge on any atom is 0.326 e. The number of nitrogens with one attached hydrogen (secondary N) is 1. The number of hydrogen-bond acceptors (Lipinski definition) is 4. The number of carboxylic acids is 1. The fourth-order valence-electron chi connectivity index (χ4n) is 2.96. The Morgan fingerprint density at radius 1 is 1.32 bits per heavy atom. The van der Waals surface area contributed by atoms with Crippen molar-refractivity contribution in [1.82, 2.24) is 10.2 Å². The second kappa shape index (κ2) is 8.50. The molecule has 136 valence electrons. The maximum absolute atomic E-state index is 12.4. The van der Waals surface area contributed by atoms with Gasteiger partial charge in [-0.1, -0.05) is 19.1 Å². The SMILES string of the molecule is CCOc1ccccc1C(=O)NCC(=O)N1CCC(C)CC1C(=O)O. The van der Waals surface area contributed by atoms with Crippen molar-refractivity contribution in [3.05, 3.63) is 29.8 Å². The normalized spacial score (nSPS) is 20.0. The Bertz CT molecular complexity index is 646. The highest BCUT2D eigenvalue weighted by molar-refractivity contribution is 5.99. The van der Waals surface area contributed by atoms with Crippen LogP contribution in [0.3, 0.4) is 0 Å². The van der Waals surface area contributed by atoms with E-state index in [0.717, 1.165) is 6.42 Å². The lowest BCUT2D eigenvalue weighted by Gasteiger charge is -2.36. The molecule has 2 rings (SSSR count). The molecule has 1 aromatic carbocycles. The largest absolute Gasteiger partial charge is 0.493 e. The Morgan fingerprint density at radius 2 is 2.04 bits per heavy atom. The monoisotopic (exact) mass is 348 g/mol. The fraction of sp³-hybridized carbons (Fsp3) is 0.500. The summed E-state index contributed by atoms with van der Waals surface area (Å²) in [6, 6.07) is 5.95. The van der Waals surface area contributed by atoms with Crippen LogP contribution in [0.15, 0.2) is 24.3 Å². The zero-order chi connectivity index (χ0) is 18.4. The van der Waals surface area contributed by atoms with Crippen LogP contribution in [0.25, 0.3) is 0 Å². The summed E-state index contributed by atoms with van der Waals surface area (Å²) in [6.07, 6.45) is 1.19. The Labute approximate surface area is 147 Å². The number of carboxylic acid groups (broad SMARTS) is 1. The summed E-state index contributed by atoms with van der Waals surface area (Å²) in [5, 5.41) is 11.9. The molecule has 2 unspecified atom stereocenters. The zero-order valence-corrected chi connectivity index (χ0v) is 14.5. The van der Waals surface area contributed by atoms with E-state index in [1.807, 2.05) is 13.8 Å². The molecule has 7 nitrogen and oxygen atoms in total. The van der Waals surface area contributed by atoms with Gasteiger partial charge in [0.05, 0.1) is 18.7 Å². The maximum atomic E-state index is 12.4. The van der Waals surface area contributed by atoms with Crippen molar-refractivity contribution >= 4 is 17.8 Å². The van der Waals surface area contributed by atoms with Crippen LogP contribution < -0.4 is 10.1 Å². The van der Waals surface area contributed by atoms with Gasteiger partial charge in [-0.05, 0) is 37.8 Å². The topological polar surface area (TPSA) is 95.9 Å². The third-order valence-corrected chi connectivity index (χ3v) is 4.30. The van der Waals surface area contributed by atoms with E-state index in [1.54, 1.807) is 24.3 Å². The van der Waals surface area contributed by atoms with Gasteiger partial charge in [0.25, 0.3) is 5.91 Å². The highest BCUT2D eigenvalue weighted by atomic mass is 16.5. The van der Waals surface area contributed by atoms with E-state index in [4.69, 9.17) is 4.74 Å². The van der Waals surface area contributed by atoms with E-state index in [0.29, 0.717) is 30.9 Å². The zero-order valence-electron chi connectivity index (χ0n) is 14.5. The minimum Gasteiger partial charge on any atom is -0.493 e. The average Bonchev–Trinajstić information content (AvgIpc) is 2.60. The smallest absolute Gasteiger partial charge is 0.326 e. The van der Waals surface area contributed by atoms with Crippen molar-refractivity contribution in [1.29, 1.82) is 0 Å². The van der Waals surface area contributed by atoms with Crippen LogP contribution in [0.5, 0.6) is 5.75 Å². The highest BCUT2D eigenvalue weighted by Gasteiger charge is 2.34. The molecular formula is C18H24N2O5. The Morgan fingerprint density at radius 3 is 2.72 bits per heavy atom. The standard InChI is InChI=1S/C18H24N2O5/c1-3-25-15-7-5-4-6-13(15)17(22)19-11-16(21)20-9-8-12(2)10-14(20)18(23)24/h4-7,12,14H,3,8-11H2,1-2H3,(H,19,22)(H,23,24). The molecule has 2 atom stereocenters. The average molecular weight is 348 g/mol. The van der Waals surface area contributed by atoms with Gasteiger partial charge in [0.15, 0.2) is 0 Å². The number of benzene rings is 1. The number of likely N-dealkylation sites (tertiary alicyclic amines) is 1. The molecule has 0 bridgehead atoms. The number of amides is 2. The highest BCUT2D eigenvalue weighted by Crippen LogP contribution is 2.23. The quantitative estimate of drug-likeness (QED) is 0.813. The minimum absolute atomic E-state index is 0.239. The molecule has 0 radical (unpaired) electrons. The van der Waals surface area contributed by atoms with Gasteiger partial charge in [-0.25, -0.2) is 4.79 Å². The van der Waals surface area contributed by atoms with Gasteiger partial charge < -0.3 is 20.1 Å². The first-order valence-electron chi connectivity index (χ1n) is 8.46. The number of carbonyl (C=O) groups is 3. The van der Waals surface area contributed by atoms with Gasteiger partial charge in [-0.15, -0.1) is 0 Å². The van der Waals surface area contributed by atoms with Gasteiger partial charge in [-0.3, -0.25) is 9.59 Å². The van der Waals surface area contributed by atoms with Crippen LogP contribution >= 0.6 is 0 Å². The second-order valence-electron chi connectivity index (χ2n) is 6.18. The first kappa shape index (κ1) is 18.8. The number of nitrogens with zero attached hydrogens (tertiary/aromatic N) is 1. The lowest BCUT2D eigenvalue weighted by Crippen LogP contribution is -2.52. The molecule has 1 saturated heterocycles. The van der Waals surface area contributed by atoms with Gasteiger partial charge in [0.2, 0.25) is 5.91 Å². The molecular weight excluding hydrogens is 324 g/mol. The fourth-order valence-corrected chi connectivity index (χ4v) is 2.96. The summed E-state index contributed by atoms with van der Waals surface area (Å²) in [5.74, 6) is -1.10. The number of carbonyl (C=O) groups excluding carboxylic acids is 2. The summed E-state index contributed by atoms with van der Waals surface area (Å²) < 4.78 is 5.41. The summed E-state index contributed by atoms with van der Waals surface area (Å²) in [5.41, 5.74) is 0.346. The molecule has 0 spiro atoms. The van der Waals surface area contributed by atoms with Crippen molar-refractivity contribution in [3.63, 3.8) is 0 Å². The van der Waals surface area contributed by atoms with E-state index in [2.05, 4.69) is 5.32 Å². The Hall–Kier alpha value is -2.57. The predicted octanol–water partition coefficient (Wildman–Crippen LogP) is 1.53. The second-order valence-corrected chi connectivity index (χ2v) is 6.18. The predicted molar refractivity (Wildman–Crippen MR) is 91.5 cm³/mol. The van der Waals surface area contributed by atoms with Crippen LogP contribution in [0.4, 0.5) is 0 Å². The third-order valence-electron chi connectivity index (χ3n) is 4.30. The van der Waals surface area contributed by atoms with Gasteiger partial charge >= 0.3 is 5.97 Å². The van der Waals surface area contributed by atoms with Crippen LogP contribution in [-0.4, -0.2) is 53.5 Å². The van der Waals surface area contributed by atoms with E-state index in [1.165, 1.54) is 4.90 Å². The number of ether oxygens (including phenoxy) is 1. The number of hydrogen-bond donors (Lipinski definition) is 2. The van der Waals surface area contributed by atoms with Crippen molar-refractivity contribution in [2.75, 3.05) is 19.7 Å². The van der Waals surface area contributed by atoms with E-state index in [9.17, 15) is 19.5 Å². The van der Waals surface area contributed by atoms with Crippen molar-refractivity contribution in [2.45, 2.75) is 32.7 Å². The lowest BCUT2D eigenvalue weighted by molar-refractivity contribution is -0.152. The van der Waals surface area contributed by atoms with Crippen LogP contribution in [0.1, 0.15) is 37.0 Å². The molecule has 25 heavy (non-hydrogen) atoms. The van der Waals surface area contributed by atoms with Gasteiger partial charge in [0, 0.05) is 6.54 Å². The molecule has 1 fully saturated rings. The van der Waals surface area contributed by atoms with Gasteiger partial charge in [-0.2, -0.15) is 0 Å². The minimum atomic E-state index is -1.01. The van der Waals surface area contributed by atoms with Gasteiger partial charge in [0.1, 0.15) is 11.8 Å². The summed E-state index contributed by atoms with van der Waals surface area (Å²) >= 11 is 0. The van der Waals surface area contributed by atoms with Crippen molar-refractivity contribution < 1.29 is 24.2 Å². The van der Waals surface area contributed by atoms with Crippen molar-refractivity contribution in [3.8, 4) is 5.75 Å². The molecule has 1 aliphatic heterocycles. The molecule has 0 aliphatic carbocycles. The number of para-hydroxylation sites is 1. The number of aliphatic carboxylic acids is 1. The molecule has 7 heteroatoms. The number of rotatable bonds is 6. The lowest BCUT2D eigenvalue weighted by atomic mass is 9.92. The first-order chi connectivity index (χ1) is 11.9. The molecule has 1 aromatic rings. The van der Waals surface area contributed by atoms with Crippen LogP contribution in [0.2, 0.25) is 0 Å². The first-order valence-corrected chi connectivity index (χ1v) is 8.46. The van der Waals surface area contributed by atoms with E-state index in [-0.39, 0.29) is 18.4 Å². The Kier molecular flexibility index (Phi) is 6.38. The molecule has 0 aromatic heterocycles. The summed E-state index contributed by atoms with van der Waals surface area (Å²) in [6.45, 7) is 4.38. The summed E-state index contributed by atoms with van der Waals surface area (Å²) in [7, 11) is 0. The van der Waals surface area contributed by atoms with E-state index >= 15 is 0 Å². The van der Waals surface area contributed by atoms with Crippen molar-refractivity contribution in [2.24, 2.45) is 5.92 Å². The summed E-state index contributed by atoms with van der Waals surface area (Å²) in [4.78, 5) is 37.4. The molecule has 1 aliphatic rings.